The molecule has 0 aromatic carbocycles. The van der Waals surface area contributed by atoms with Crippen LogP contribution in [0.2, 0.25) is 0 Å². The molecule has 1 fully saturated rings. The van der Waals surface area contributed by atoms with Crippen LogP contribution in [0.5, 0.6) is 0 Å². The van der Waals surface area contributed by atoms with Crippen molar-refractivity contribution in [3.63, 3.8) is 0 Å². The van der Waals surface area contributed by atoms with Crippen LogP contribution in [-0.2, 0) is 0 Å². The Morgan fingerprint density at radius 3 is 2.58 bits per heavy atom. The van der Waals surface area contributed by atoms with Crippen LogP contribution in [0, 0.1) is 5.92 Å². The lowest BCUT2D eigenvalue weighted by Gasteiger charge is -2.26. The van der Waals surface area contributed by atoms with Gasteiger partial charge in [0.25, 0.3) is 0 Å². The highest BCUT2D eigenvalue weighted by molar-refractivity contribution is 7.17. The van der Waals surface area contributed by atoms with Gasteiger partial charge >= 0.3 is 0 Å². The van der Waals surface area contributed by atoms with E-state index >= 15 is 0 Å². The van der Waals surface area contributed by atoms with E-state index in [0.29, 0.717) is 5.92 Å². The number of carbonyl (C=O) groups excluding carboxylic acids is 1. The Kier molecular flexibility index (Phi) is 4.97. The number of carbonyl (C=O) groups is 1. The van der Waals surface area contributed by atoms with Crippen molar-refractivity contribution in [1.29, 1.82) is 0 Å². The van der Waals surface area contributed by atoms with E-state index in [2.05, 4.69) is 30.8 Å². The molecular formula is C15H24N2OS. The highest BCUT2D eigenvalue weighted by Crippen LogP contribution is 2.31. The summed E-state index contributed by atoms with van der Waals surface area (Å²) >= 11 is 1.53. The average molecular weight is 280 g/mol. The third-order valence-electron chi connectivity index (χ3n) is 3.91. The number of aldehydes is 1. The smallest absolute Gasteiger partial charge is 0.185 e. The zero-order valence-corrected chi connectivity index (χ0v) is 13.0. The molecule has 0 amide bonds. The zero-order valence-electron chi connectivity index (χ0n) is 12.2. The second-order valence-corrected chi connectivity index (χ2v) is 6.91. The first-order chi connectivity index (χ1) is 9.11. The molecule has 106 valence electrons. The molecule has 0 saturated heterocycles. The molecule has 1 heterocycles. The van der Waals surface area contributed by atoms with Gasteiger partial charge in [0.2, 0.25) is 0 Å². The number of thiazole rings is 1. The molecule has 0 N–H and O–H groups in total. The van der Waals surface area contributed by atoms with Crippen molar-refractivity contribution in [3.05, 3.63) is 10.6 Å². The maximum Gasteiger partial charge on any atom is 0.185 e. The predicted octanol–water partition coefficient (Wildman–Crippen LogP) is 4.10. The first-order valence-electron chi connectivity index (χ1n) is 7.29. The second-order valence-electron chi connectivity index (χ2n) is 5.90. The van der Waals surface area contributed by atoms with Crippen molar-refractivity contribution in [2.75, 3.05) is 18.5 Å². The molecule has 0 radical (unpaired) electrons. The molecular weight excluding hydrogens is 256 g/mol. The van der Waals surface area contributed by atoms with Crippen molar-refractivity contribution in [3.8, 4) is 0 Å². The minimum atomic E-state index is 0.313. The Morgan fingerprint density at radius 1 is 1.37 bits per heavy atom. The molecule has 1 saturated carbocycles. The molecule has 19 heavy (non-hydrogen) atoms. The Hall–Kier alpha value is -0.900. The molecule has 2 rings (SSSR count). The third kappa shape index (κ3) is 3.56. The molecule has 0 unspecified atom stereocenters. The van der Waals surface area contributed by atoms with Gasteiger partial charge in [0.05, 0.1) is 10.6 Å². The maximum atomic E-state index is 11.1. The fraction of sp³-hybridized carbons (Fsp3) is 0.733. The normalized spacial score (nSPS) is 16.8. The van der Waals surface area contributed by atoms with Gasteiger partial charge in [-0.2, -0.15) is 0 Å². The fourth-order valence-electron chi connectivity index (χ4n) is 2.83. The van der Waals surface area contributed by atoms with Crippen LogP contribution in [0.3, 0.4) is 0 Å². The van der Waals surface area contributed by atoms with Crippen LogP contribution in [0.25, 0.3) is 0 Å². The molecule has 0 bridgehead atoms. The molecule has 1 aromatic rings. The monoisotopic (exact) mass is 280 g/mol. The van der Waals surface area contributed by atoms with Gasteiger partial charge < -0.3 is 4.90 Å². The summed E-state index contributed by atoms with van der Waals surface area (Å²) in [7, 11) is 2.10. The summed E-state index contributed by atoms with van der Waals surface area (Å²) in [6.45, 7) is 5.25. The second kappa shape index (κ2) is 6.51. The van der Waals surface area contributed by atoms with Crippen molar-refractivity contribution < 1.29 is 4.79 Å². The number of nitrogens with zero attached hydrogens (tertiary/aromatic N) is 2. The zero-order chi connectivity index (χ0) is 13.8. The summed E-state index contributed by atoms with van der Waals surface area (Å²) in [4.78, 5) is 18.8. The topological polar surface area (TPSA) is 33.2 Å². The minimum Gasteiger partial charge on any atom is -0.351 e. The van der Waals surface area contributed by atoms with E-state index in [1.165, 1.54) is 43.4 Å². The highest BCUT2D eigenvalue weighted by atomic mass is 32.1. The lowest BCUT2D eigenvalue weighted by molar-refractivity contribution is 0.112. The van der Waals surface area contributed by atoms with Gasteiger partial charge in [-0.3, -0.25) is 4.79 Å². The van der Waals surface area contributed by atoms with E-state index in [0.717, 1.165) is 34.5 Å². The van der Waals surface area contributed by atoms with Crippen molar-refractivity contribution in [1.82, 2.24) is 4.98 Å². The van der Waals surface area contributed by atoms with E-state index in [1.807, 2.05) is 0 Å². The van der Waals surface area contributed by atoms with Crippen LogP contribution in [0.1, 0.15) is 67.2 Å². The van der Waals surface area contributed by atoms with E-state index in [9.17, 15) is 4.79 Å². The molecule has 0 atom stereocenters. The summed E-state index contributed by atoms with van der Waals surface area (Å²) in [6.07, 6.45) is 7.76. The fourth-order valence-corrected chi connectivity index (χ4v) is 3.83. The molecule has 3 nitrogen and oxygen atoms in total. The molecule has 1 aliphatic rings. The maximum absolute atomic E-state index is 11.1. The standard InChI is InChI=1S/C15H24N2OS/c1-11(2)14-13(10-18)19-15(16-14)17(3)9-12-7-5-4-6-8-12/h10-12H,4-9H2,1-3H3. The molecule has 0 aliphatic heterocycles. The largest absolute Gasteiger partial charge is 0.351 e. The number of hydrogen-bond donors (Lipinski definition) is 0. The van der Waals surface area contributed by atoms with Crippen molar-refractivity contribution in [2.45, 2.75) is 51.9 Å². The van der Waals surface area contributed by atoms with Crippen LogP contribution in [0.15, 0.2) is 0 Å². The Balaban J connectivity index is 2.05. The molecule has 4 heteroatoms. The third-order valence-corrected chi connectivity index (χ3v) is 5.02. The van der Waals surface area contributed by atoms with E-state index in [-0.39, 0.29) is 0 Å². The van der Waals surface area contributed by atoms with Gasteiger partial charge in [0, 0.05) is 13.6 Å². The van der Waals surface area contributed by atoms with Crippen molar-refractivity contribution >= 4 is 22.8 Å². The summed E-state index contributed by atoms with van der Waals surface area (Å²) in [6, 6.07) is 0. The van der Waals surface area contributed by atoms with Gasteiger partial charge in [-0.15, -0.1) is 0 Å². The predicted molar refractivity (Wildman–Crippen MR) is 81.4 cm³/mol. The van der Waals surface area contributed by atoms with E-state index in [4.69, 9.17) is 0 Å². The lowest BCUT2D eigenvalue weighted by Crippen LogP contribution is -2.26. The van der Waals surface area contributed by atoms with Gasteiger partial charge in [0.15, 0.2) is 11.4 Å². The van der Waals surface area contributed by atoms with E-state index in [1.54, 1.807) is 0 Å². The van der Waals surface area contributed by atoms with Gasteiger partial charge in [-0.1, -0.05) is 44.4 Å². The minimum absolute atomic E-state index is 0.313. The first-order valence-corrected chi connectivity index (χ1v) is 8.10. The molecule has 1 aromatic heterocycles. The highest BCUT2D eigenvalue weighted by Gasteiger charge is 2.19. The lowest BCUT2D eigenvalue weighted by atomic mass is 9.89. The SMILES string of the molecule is CC(C)c1nc(N(C)CC2CCCCC2)sc1C=O. The number of hydrogen-bond acceptors (Lipinski definition) is 4. The van der Waals surface area contributed by atoms with Crippen LogP contribution >= 0.6 is 11.3 Å². The summed E-state index contributed by atoms with van der Waals surface area (Å²) in [5.41, 5.74) is 0.950. The van der Waals surface area contributed by atoms with Gasteiger partial charge in [-0.05, 0) is 24.7 Å². The number of rotatable bonds is 5. The number of aromatic nitrogens is 1. The Morgan fingerprint density at radius 2 is 2.05 bits per heavy atom. The van der Waals surface area contributed by atoms with E-state index < -0.39 is 0 Å². The summed E-state index contributed by atoms with van der Waals surface area (Å²) < 4.78 is 0. The van der Waals surface area contributed by atoms with Crippen molar-refractivity contribution in [2.24, 2.45) is 5.92 Å². The molecule has 1 aliphatic carbocycles. The number of anilines is 1. The average Bonchev–Trinajstić information content (AvgIpc) is 2.84. The Labute approximate surface area is 120 Å². The van der Waals surface area contributed by atoms with Gasteiger partial charge in [-0.25, -0.2) is 4.98 Å². The van der Waals surface area contributed by atoms with Crippen LogP contribution < -0.4 is 4.90 Å². The van der Waals surface area contributed by atoms with Gasteiger partial charge in [0.1, 0.15) is 0 Å². The Bertz CT molecular complexity index is 422. The first kappa shape index (κ1) is 14.5. The quantitative estimate of drug-likeness (QED) is 0.761. The molecule has 0 spiro atoms. The van der Waals surface area contributed by atoms with Crippen LogP contribution in [-0.4, -0.2) is 24.9 Å². The summed E-state index contributed by atoms with van der Waals surface area (Å²) in [5.74, 6) is 1.11. The van der Waals surface area contributed by atoms with Crippen LogP contribution in [0.4, 0.5) is 5.13 Å². The summed E-state index contributed by atoms with van der Waals surface area (Å²) in [5, 5.41) is 0.997.